The van der Waals surface area contributed by atoms with Crippen molar-refractivity contribution in [1.82, 2.24) is 4.98 Å². The number of nitro groups is 1. The molecule has 0 N–H and O–H groups in total. The molecule has 0 aliphatic carbocycles. The summed E-state index contributed by atoms with van der Waals surface area (Å²) in [5, 5.41) is 10.8. The molecule has 2 rings (SSSR count). The average Bonchev–Trinajstić information content (AvgIpc) is 2.41. The summed E-state index contributed by atoms with van der Waals surface area (Å²) in [5.74, 6) is 0.970. The minimum atomic E-state index is -0.577. The van der Waals surface area contributed by atoms with Gasteiger partial charge in [-0.25, -0.2) is 4.98 Å². The largest absolute Gasteiger partial charge is 0.497 e. The summed E-state index contributed by atoms with van der Waals surface area (Å²) in [5.41, 5.74) is -0.240. The number of methoxy groups -OCH3 is 1. The third kappa shape index (κ3) is 2.92. The standard InChI is InChI=1S/C12H9ClN2O4/c1-18-8-2-4-9(5-3-8)19-11-10(15(16)17)6-7-14-12(11)13/h2-7H,1H3. The molecule has 6 nitrogen and oxygen atoms in total. The summed E-state index contributed by atoms with van der Waals surface area (Å²) in [6, 6.07) is 7.80. The van der Waals surface area contributed by atoms with Crippen molar-refractivity contribution in [2.24, 2.45) is 0 Å². The number of halogens is 1. The lowest BCUT2D eigenvalue weighted by molar-refractivity contribution is -0.385. The molecule has 0 aliphatic heterocycles. The molecule has 7 heteroatoms. The smallest absolute Gasteiger partial charge is 0.316 e. The van der Waals surface area contributed by atoms with Crippen LogP contribution in [0.1, 0.15) is 0 Å². The molecule has 0 atom stereocenters. The van der Waals surface area contributed by atoms with Crippen LogP contribution < -0.4 is 9.47 Å². The Labute approximate surface area is 113 Å². The second-order valence-corrected chi connectivity index (χ2v) is 3.84. The number of rotatable bonds is 4. The molecule has 0 radical (unpaired) electrons. The predicted octanol–water partition coefficient (Wildman–Crippen LogP) is 3.44. The molecule has 0 saturated carbocycles. The Morgan fingerprint density at radius 2 is 1.84 bits per heavy atom. The second-order valence-electron chi connectivity index (χ2n) is 3.48. The summed E-state index contributed by atoms with van der Waals surface area (Å²) in [6.07, 6.45) is 1.25. The highest BCUT2D eigenvalue weighted by Gasteiger charge is 2.20. The van der Waals surface area contributed by atoms with Crippen LogP contribution in [0.3, 0.4) is 0 Å². The van der Waals surface area contributed by atoms with Gasteiger partial charge in [-0.1, -0.05) is 11.6 Å². The van der Waals surface area contributed by atoms with Gasteiger partial charge in [-0.05, 0) is 24.3 Å². The summed E-state index contributed by atoms with van der Waals surface area (Å²) in [7, 11) is 1.54. The molecule has 0 bridgehead atoms. The van der Waals surface area contributed by atoms with Gasteiger partial charge in [0, 0.05) is 12.3 Å². The third-order valence-electron chi connectivity index (χ3n) is 2.32. The maximum Gasteiger partial charge on any atom is 0.316 e. The van der Waals surface area contributed by atoms with Gasteiger partial charge in [0.15, 0.2) is 5.15 Å². The lowest BCUT2D eigenvalue weighted by Gasteiger charge is -2.07. The van der Waals surface area contributed by atoms with Crippen LogP contribution in [0, 0.1) is 10.1 Å². The number of nitrogens with zero attached hydrogens (tertiary/aromatic N) is 2. The Bertz CT molecular complexity index is 601. The first kappa shape index (κ1) is 13.1. The van der Waals surface area contributed by atoms with Crippen LogP contribution in [-0.4, -0.2) is 17.0 Å². The van der Waals surface area contributed by atoms with Gasteiger partial charge in [0.05, 0.1) is 12.0 Å². The Kier molecular flexibility index (Phi) is 3.82. The molecule has 0 unspecified atom stereocenters. The van der Waals surface area contributed by atoms with Gasteiger partial charge in [-0.15, -0.1) is 0 Å². The summed E-state index contributed by atoms with van der Waals surface area (Å²) in [6.45, 7) is 0. The molecule has 0 fully saturated rings. The maximum absolute atomic E-state index is 10.9. The van der Waals surface area contributed by atoms with Crippen molar-refractivity contribution in [2.45, 2.75) is 0 Å². The fourth-order valence-corrected chi connectivity index (χ4v) is 1.60. The predicted molar refractivity (Wildman–Crippen MR) is 69.0 cm³/mol. The van der Waals surface area contributed by atoms with E-state index in [2.05, 4.69) is 4.98 Å². The number of hydrogen-bond acceptors (Lipinski definition) is 5. The minimum absolute atomic E-state index is 0.0648. The summed E-state index contributed by atoms with van der Waals surface area (Å²) >= 11 is 5.82. The number of aromatic nitrogens is 1. The van der Waals surface area contributed by atoms with Crippen molar-refractivity contribution in [3.8, 4) is 17.2 Å². The van der Waals surface area contributed by atoms with E-state index in [-0.39, 0.29) is 16.6 Å². The Hall–Kier alpha value is -2.34. The van der Waals surface area contributed by atoms with Crippen LogP contribution in [0.25, 0.3) is 0 Å². The topological polar surface area (TPSA) is 74.5 Å². The molecular formula is C12H9ClN2O4. The normalized spacial score (nSPS) is 10.0. The van der Waals surface area contributed by atoms with Gasteiger partial charge in [0.1, 0.15) is 11.5 Å². The Balaban J connectivity index is 2.34. The van der Waals surface area contributed by atoms with Crippen LogP contribution in [0.2, 0.25) is 5.15 Å². The molecule has 0 aliphatic rings. The SMILES string of the molecule is COc1ccc(Oc2c([N+](=O)[O-])ccnc2Cl)cc1. The highest BCUT2D eigenvalue weighted by atomic mass is 35.5. The lowest BCUT2D eigenvalue weighted by Crippen LogP contribution is -1.95. The van der Waals surface area contributed by atoms with Crippen molar-refractivity contribution in [3.05, 3.63) is 51.8 Å². The van der Waals surface area contributed by atoms with Crippen molar-refractivity contribution in [3.63, 3.8) is 0 Å². The van der Waals surface area contributed by atoms with E-state index < -0.39 is 4.92 Å². The minimum Gasteiger partial charge on any atom is -0.497 e. The summed E-state index contributed by atoms with van der Waals surface area (Å²) < 4.78 is 10.4. The zero-order valence-electron chi connectivity index (χ0n) is 9.87. The average molecular weight is 281 g/mol. The Morgan fingerprint density at radius 3 is 2.42 bits per heavy atom. The number of ether oxygens (including phenoxy) is 2. The molecule has 19 heavy (non-hydrogen) atoms. The van der Waals surface area contributed by atoms with Crippen LogP contribution in [0.4, 0.5) is 5.69 Å². The summed E-state index contributed by atoms with van der Waals surface area (Å²) in [4.78, 5) is 14.1. The van der Waals surface area contributed by atoms with E-state index in [4.69, 9.17) is 21.1 Å². The third-order valence-corrected chi connectivity index (χ3v) is 2.59. The first-order valence-corrected chi connectivity index (χ1v) is 5.60. The Morgan fingerprint density at radius 1 is 1.21 bits per heavy atom. The fourth-order valence-electron chi connectivity index (χ4n) is 1.41. The molecule has 2 aromatic rings. The second kappa shape index (κ2) is 5.53. The van der Waals surface area contributed by atoms with Gasteiger partial charge in [-0.2, -0.15) is 0 Å². The molecule has 98 valence electrons. The molecule has 0 saturated heterocycles. The fraction of sp³-hybridized carbons (Fsp3) is 0.0833. The van der Waals surface area contributed by atoms with Crippen LogP contribution >= 0.6 is 11.6 Å². The van der Waals surface area contributed by atoms with Crippen LogP contribution in [0.5, 0.6) is 17.2 Å². The van der Waals surface area contributed by atoms with Gasteiger partial charge < -0.3 is 9.47 Å². The molecule has 0 amide bonds. The van der Waals surface area contributed by atoms with Gasteiger partial charge in [-0.3, -0.25) is 10.1 Å². The van der Waals surface area contributed by atoms with Crippen molar-refractivity contribution in [1.29, 1.82) is 0 Å². The van der Waals surface area contributed by atoms with E-state index in [0.29, 0.717) is 11.5 Å². The zero-order valence-corrected chi connectivity index (χ0v) is 10.6. The maximum atomic E-state index is 10.9. The molecule has 0 spiro atoms. The van der Waals surface area contributed by atoms with E-state index in [1.807, 2.05) is 0 Å². The van der Waals surface area contributed by atoms with E-state index in [9.17, 15) is 10.1 Å². The van der Waals surface area contributed by atoms with Crippen LogP contribution in [-0.2, 0) is 0 Å². The van der Waals surface area contributed by atoms with Crippen molar-refractivity contribution in [2.75, 3.05) is 7.11 Å². The number of pyridine rings is 1. The monoisotopic (exact) mass is 280 g/mol. The highest BCUT2D eigenvalue weighted by Crippen LogP contribution is 2.36. The van der Waals surface area contributed by atoms with E-state index in [1.54, 1.807) is 31.4 Å². The van der Waals surface area contributed by atoms with Crippen molar-refractivity contribution >= 4 is 17.3 Å². The highest BCUT2D eigenvalue weighted by molar-refractivity contribution is 6.31. The van der Waals surface area contributed by atoms with Crippen LogP contribution in [0.15, 0.2) is 36.5 Å². The van der Waals surface area contributed by atoms with Crippen molar-refractivity contribution < 1.29 is 14.4 Å². The number of hydrogen-bond donors (Lipinski definition) is 0. The molecular weight excluding hydrogens is 272 g/mol. The zero-order chi connectivity index (χ0) is 13.8. The van der Waals surface area contributed by atoms with Gasteiger partial charge in [0.25, 0.3) is 0 Å². The van der Waals surface area contributed by atoms with E-state index in [0.717, 1.165) is 0 Å². The quantitative estimate of drug-likeness (QED) is 0.487. The van der Waals surface area contributed by atoms with E-state index >= 15 is 0 Å². The first-order chi connectivity index (χ1) is 9.11. The molecule has 1 aromatic heterocycles. The van der Waals surface area contributed by atoms with E-state index in [1.165, 1.54) is 12.3 Å². The number of benzene rings is 1. The molecule has 1 aromatic carbocycles. The van der Waals surface area contributed by atoms with Gasteiger partial charge >= 0.3 is 5.69 Å². The lowest BCUT2D eigenvalue weighted by atomic mass is 10.3. The van der Waals surface area contributed by atoms with Gasteiger partial charge in [0.2, 0.25) is 5.75 Å². The molecule has 1 heterocycles. The first-order valence-electron chi connectivity index (χ1n) is 5.22.